The molecule has 1 aromatic heterocycles. The minimum absolute atomic E-state index is 0.104. The maximum atomic E-state index is 12.3. The molecule has 3 rings (SSSR count). The van der Waals surface area contributed by atoms with Gasteiger partial charge in [-0.25, -0.2) is 4.79 Å². The summed E-state index contributed by atoms with van der Waals surface area (Å²) in [6.07, 6.45) is 0. The minimum Gasteiger partial charge on any atom is -0.348 e. The molecule has 2 aromatic carbocycles. The normalized spacial score (nSPS) is 11.6. The number of nitrogens with one attached hydrogen (secondary N) is 3. The van der Waals surface area contributed by atoms with E-state index < -0.39 is 0 Å². The molecule has 0 aliphatic heterocycles. The van der Waals surface area contributed by atoms with Crippen LogP contribution < -0.4 is 16.0 Å². The second kappa shape index (κ2) is 9.05. The van der Waals surface area contributed by atoms with Crippen molar-refractivity contribution in [3.8, 4) is 0 Å². The van der Waals surface area contributed by atoms with Crippen molar-refractivity contribution in [3.63, 3.8) is 0 Å². The fraction of sp³-hybridized carbons (Fsp3) is 0.227. The summed E-state index contributed by atoms with van der Waals surface area (Å²) in [5.41, 5.74) is 4.18. The number of nitrogens with zero attached hydrogens (tertiary/aromatic N) is 2. The van der Waals surface area contributed by atoms with E-state index in [2.05, 4.69) is 21.0 Å². The molecule has 150 valence electrons. The summed E-state index contributed by atoms with van der Waals surface area (Å²) in [6.45, 7) is 5.93. The summed E-state index contributed by atoms with van der Waals surface area (Å²) in [4.78, 5) is 24.4. The average Bonchev–Trinajstić information content (AvgIpc) is 2.99. The molecule has 29 heavy (non-hydrogen) atoms. The number of carbonyl (C=O) groups excluding carboxylic acids is 2. The van der Waals surface area contributed by atoms with Crippen molar-refractivity contribution < 1.29 is 9.59 Å². The Morgan fingerprint density at radius 2 is 1.59 bits per heavy atom. The van der Waals surface area contributed by atoms with Gasteiger partial charge in [-0.3, -0.25) is 9.48 Å². The van der Waals surface area contributed by atoms with Crippen LogP contribution in [0.2, 0.25) is 0 Å². The number of aryl methyl sites for hydroxylation is 2. The van der Waals surface area contributed by atoms with E-state index in [1.165, 1.54) is 0 Å². The Labute approximate surface area is 170 Å². The lowest BCUT2D eigenvalue weighted by Gasteiger charge is -2.15. The number of para-hydroxylation sites is 1. The van der Waals surface area contributed by atoms with Crippen LogP contribution in [-0.2, 0) is 11.3 Å². The number of carbonyl (C=O) groups is 2. The van der Waals surface area contributed by atoms with Gasteiger partial charge in [0.25, 0.3) is 0 Å². The van der Waals surface area contributed by atoms with Crippen LogP contribution in [0, 0.1) is 13.8 Å². The van der Waals surface area contributed by atoms with Gasteiger partial charge in [0, 0.05) is 17.1 Å². The first-order chi connectivity index (χ1) is 13.9. The summed E-state index contributed by atoms with van der Waals surface area (Å²) in [5, 5.41) is 12.8. The third-order valence-electron chi connectivity index (χ3n) is 4.47. The zero-order chi connectivity index (χ0) is 20.8. The van der Waals surface area contributed by atoms with Crippen LogP contribution >= 0.6 is 0 Å². The van der Waals surface area contributed by atoms with Gasteiger partial charge < -0.3 is 16.0 Å². The average molecular weight is 391 g/mol. The molecule has 0 spiro atoms. The molecule has 1 atom stereocenters. The van der Waals surface area contributed by atoms with Crippen LogP contribution in [0.25, 0.3) is 0 Å². The van der Waals surface area contributed by atoms with Gasteiger partial charge in [-0.1, -0.05) is 30.3 Å². The summed E-state index contributed by atoms with van der Waals surface area (Å²) in [5.74, 6) is -0.104. The van der Waals surface area contributed by atoms with Gasteiger partial charge in [-0.2, -0.15) is 5.10 Å². The molecule has 1 heterocycles. The van der Waals surface area contributed by atoms with E-state index in [9.17, 15) is 9.59 Å². The Balaban J connectivity index is 1.52. The molecule has 0 radical (unpaired) electrons. The van der Waals surface area contributed by atoms with Gasteiger partial charge in [-0.05, 0) is 56.7 Å². The Morgan fingerprint density at radius 1 is 0.966 bits per heavy atom. The quantitative estimate of drug-likeness (QED) is 0.593. The number of aromatic nitrogens is 2. The Bertz CT molecular complexity index is 980. The first-order valence-electron chi connectivity index (χ1n) is 9.44. The first-order valence-corrected chi connectivity index (χ1v) is 9.44. The highest BCUT2D eigenvalue weighted by atomic mass is 16.2. The lowest BCUT2D eigenvalue weighted by Crippen LogP contribution is -2.30. The number of benzene rings is 2. The second-order valence-corrected chi connectivity index (χ2v) is 6.94. The van der Waals surface area contributed by atoms with Crippen molar-refractivity contribution in [1.82, 2.24) is 15.1 Å². The van der Waals surface area contributed by atoms with Gasteiger partial charge in [0.1, 0.15) is 6.54 Å². The van der Waals surface area contributed by atoms with Crippen LogP contribution in [-0.4, -0.2) is 21.7 Å². The largest absolute Gasteiger partial charge is 0.348 e. The number of amides is 3. The van der Waals surface area contributed by atoms with E-state index in [0.717, 1.165) is 22.6 Å². The summed E-state index contributed by atoms with van der Waals surface area (Å²) < 4.78 is 1.69. The molecule has 7 nitrogen and oxygen atoms in total. The van der Waals surface area contributed by atoms with E-state index in [1.54, 1.807) is 4.68 Å². The fourth-order valence-electron chi connectivity index (χ4n) is 3.01. The van der Waals surface area contributed by atoms with Crippen LogP contribution in [0.4, 0.5) is 16.2 Å². The molecule has 1 unspecified atom stereocenters. The van der Waals surface area contributed by atoms with Gasteiger partial charge in [-0.15, -0.1) is 0 Å². The van der Waals surface area contributed by atoms with E-state index >= 15 is 0 Å². The molecule has 0 saturated carbocycles. The zero-order valence-electron chi connectivity index (χ0n) is 16.8. The molecule has 0 bridgehead atoms. The molecule has 7 heteroatoms. The SMILES string of the molecule is Cc1cc(C)n(CC(=O)NC(C)c2ccc(NC(=O)Nc3ccccc3)cc2)n1. The molecule has 3 amide bonds. The number of anilines is 2. The highest BCUT2D eigenvalue weighted by molar-refractivity contribution is 5.99. The van der Waals surface area contributed by atoms with Crippen LogP contribution in [0.3, 0.4) is 0 Å². The number of urea groups is 1. The molecular weight excluding hydrogens is 366 g/mol. The minimum atomic E-state index is -0.310. The summed E-state index contributed by atoms with van der Waals surface area (Å²) in [6, 6.07) is 18.1. The molecule has 0 aliphatic rings. The Morgan fingerprint density at radius 3 is 2.17 bits per heavy atom. The van der Waals surface area contributed by atoms with Gasteiger partial charge in [0.15, 0.2) is 0 Å². The molecule has 3 N–H and O–H groups in total. The van der Waals surface area contributed by atoms with Crippen molar-refractivity contribution in [2.45, 2.75) is 33.4 Å². The summed E-state index contributed by atoms with van der Waals surface area (Å²) >= 11 is 0. The maximum Gasteiger partial charge on any atom is 0.323 e. The molecule has 0 saturated heterocycles. The van der Waals surface area contributed by atoms with Crippen LogP contribution in [0.5, 0.6) is 0 Å². The number of hydrogen-bond acceptors (Lipinski definition) is 3. The predicted octanol–water partition coefficient (Wildman–Crippen LogP) is 4.02. The lowest BCUT2D eigenvalue weighted by molar-refractivity contribution is -0.122. The van der Waals surface area contributed by atoms with Crippen molar-refractivity contribution in [3.05, 3.63) is 77.6 Å². The molecule has 0 aliphatic carbocycles. The predicted molar refractivity (Wildman–Crippen MR) is 114 cm³/mol. The molecular formula is C22H25N5O2. The fourth-order valence-corrected chi connectivity index (χ4v) is 3.01. The third kappa shape index (κ3) is 5.68. The standard InChI is InChI=1S/C22H25N5O2/c1-15-13-16(2)27(26-15)14-21(28)23-17(3)18-9-11-20(12-10-18)25-22(29)24-19-7-5-4-6-8-19/h4-13,17H,14H2,1-3H3,(H,23,28)(H2,24,25,29). The zero-order valence-corrected chi connectivity index (χ0v) is 16.8. The smallest absolute Gasteiger partial charge is 0.323 e. The van der Waals surface area contributed by atoms with Gasteiger partial charge in [0.05, 0.1) is 11.7 Å². The van der Waals surface area contributed by atoms with E-state index in [4.69, 9.17) is 0 Å². The van der Waals surface area contributed by atoms with E-state index in [1.807, 2.05) is 81.4 Å². The van der Waals surface area contributed by atoms with Crippen LogP contribution in [0.1, 0.15) is 29.9 Å². The number of rotatable bonds is 6. The van der Waals surface area contributed by atoms with E-state index in [-0.39, 0.29) is 24.5 Å². The van der Waals surface area contributed by atoms with Crippen molar-refractivity contribution >= 4 is 23.3 Å². The highest BCUT2D eigenvalue weighted by Crippen LogP contribution is 2.17. The lowest BCUT2D eigenvalue weighted by atomic mass is 10.1. The monoisotopic (exact) mass is 391 g/mol. The highest BCUT2D eigenvalue weighted by Gasteiger charge is 2.12. The Hall–Kier alpha value is -3.61. The molecule has 3 aromatic rings. The topological polar surface area (TPSA) is 88.0 Å². The number of hydrogen-bond donors (Lipinski definition) is 3. The maximum absolute atomic E-state index is 12.3. The second-order valence-electron chi connectivity index (χ2n) is 6.94. The van der Waals surface area contributed by atoms with Gasteiger partial charge in [0.2, 0.25) is 5.91 Å². The Kier molecular flexibility index (Phi) is 6.29. The van der Waals surface area contributed by atoms with Crippen molar-refractivity contribution in [2.24, 2.45) is 0 Å². The first kappa shape index (κ1) is 20.1. The summed E-state index contributed by atoms with van der Waals surface area (Å²) in [7, 11) is 0. The van der Waals surface area contributed by atoms with Crippen molar-refractivity contribution in [2.75, 3.05) is 10.6 Å². The van der Waals surface area contributed by atoms with Crippen molar-refractivity contribution in [1.29, 1.82) is 0 Å². The third-order valence-corrected chi connectivity index (χ3v) is 4.47. The van der Waals surface area contributed by atoms with E-state index in [0.29, 0.717) is 5.69 Å². The van der Waals surface area contributed by atoms with Gasteiger partial charge >= 0.3 is 6.03 Å². The molecule has 0 fully saturated rings. The van der Waals surface area contributed by atoms with Crippen LogP contribution in [0.15, 0.2) is 60.7 Å².